The average molecular weight is 302 g/mol. The van der Waals surface area contributed by atoms with Gasteiger partial charge in [0.05, 0.1) is 30.9 Å². The number of nitrogens with zero attached hydrogens (tertiary/aromatic N) is 3. The predicted molar refractivity (Wildman–Crippen MR) is 80.8 cm³/mol. The summed E-state index contributed by atoms with van der Waals surface area (Å²) in [5.74, 6) is 1.01. The van der Waals surface area contributed by atoms with Crippen molar-refractivity contribution in [1.82, 2.24) is 0 Å². The lowest BCUT2D eigenvalue weighted by atomic mass is 10.2. The Bertz CT molecular complexity index is 686. The van der Waals surface area contributed by atoms with Gasteiger partial charge in [-0.25, -0.2) is 0 Å². The quantitative estimate of drug-likeness (QED) is 0.498. The number of ether oxygens (including phenoxy) is 2. The van der Waals surface area contributed by atoms with Crippen molar-refractivity contribution in [2.45, 2.75) is 0 Å². The standard InChI is InChI=1S/C14H14N4O4/c1-21-12-6-3-10(4-7-12)15-17-16-13-8-5-11(18(19)20)9-14(13)22-2/h3-9H,1-2H3,(H,15,16). The number of anilines is 1. The molecule has 1 N–H and O–H groups in total. The van der Waals surface area contributed by atoms with Crippen molar-refractivity contribution in [2.24, 2.45) is 10.3 Å². The molecule has 0 aliphatic heterocycles. The first-order chi connectivity index (χ1) is 10.6. The minimum atomic E-state index is -0.501. The first-order valence-corrected chi connectivity index (χ1v) is 6.27. The van der Waals surface area contributed by atoms with Crippen LogP contribution in [0.1, 0.15) is 0 Å². The van der Waals surface area contributed by atoms with Crippen molar-refractivity contribution in [1.29, 1.82) is 0 Å². The molecule has 0 heterocycles. The molecule has 0 aliphatic rings. The molecular formula is C14H14N4O4. The molecule has 0 spiro atoms. The van der Waals surface area contributed by atoms with E-state index < -0.39 is 4.92 Å². The first kappa shape index (κ1) is 15.2. The number of nitro groups is 1. The summed E-state index contributed by atoms with van der Waals surface area (Å²) in [7, 11) is 3.00. The molecule has 0 saturated heterocycles. The molecule has 114 valence electrons. The summed E-state index contributed by atoms with van der Waals surface area (Å²) in [6.45, 7) is 0. The summed E-state index contributed by atoms with van der Waals surface area (Å²) in [4.78, 5) is 10.2. The highest BCUT2D eigenvalue weighted by molar-refractivity contribution is 5.56. The monoisotopic (exact) mass is 302 g/mol. The Morgan fingerprint density at radius 2 is 1.82 bits per heavy atom. The highest BCUT2D eigenvalue weighted by Crippen LogP contribution is 2.31. The van der Waals surface area contributed by atoms with Gasteiger partial charge in [-0.3, -0.25) is 15.5 Å². The summed E-state index contributed by atoms with van der Waals surface area (Å²) in [6, 6.07) is 11.2. The number of nitro benzene ring substituents is 1. The first-order valence-electron chi connectivity index (χ1n) is 6.27. The molecular weight excluding hydrogens is 288 g/mol. The van der Waals surface area contributed by atoms with Gasteiger partial charge >= 0.3 is 0 Å². The van der Waals surface area contributed by atoms with Gasteiger partial charge in [0.2, 0.25) is 0 Å². The molecule has 22 heavy (non-hydrogen) atoms. The maximum absolute atomic E-state index is 10.7. The average Bonchev–Trinajstić information content (AvgIpc) is 2.55. The molecule has 0 fully saturated rings. The Morgan fingerprint density at radius 3 is 2.41 bits per heavy atom. The fraction of sp³-hybridized carbons (Fsp3) is 0.143. The third kappa shape index (κ3) is 3.69. The van der Waals surface area contributed by atoms with Crippen LogP contribution in [0.15, 0.2) is 52.8 Å². The van der Waals surface area contributed by atoms with Crippen molar-refractivity contribution in [2.75, 3.05) is 19.6 Å². The second-order valence-corrected chi connectivity index (χ2v) is 4.15. The lowest BCUT2D eigenvalue weighted by Crippen LogP contribution is -1.90. The molecule has 8 nitrogen and oxygen atoms in total. The SMILES string of the molecule is COc1ccc(NN=Nc2ccc([N+](=O)[O-])cc2OC)cc1. The van der Waals surface area contributed by atoms with E-state index in [4.69, 9.17) is 9.47 Å². The summed E-state index contributed by atoms with van der Waals surface area (Å²) in [6.07, 6.45) is 0. The Labute approximate surface area is 126 Å². The van der Waals surface area contributed by atoms with E-state index in [1.165, 1.54) is 25.3 Å². The molecule has 0 bridgehead atoms. The molecule has 0 unspecified atom stereocenters. The van der Waals surface area contributed by atoms with Crippen molar-refractivity contribution in [3.8, 4) is 11.5 Å². The second-order valence-electron chi connectivity index (χ2n) is 4.15. The third-order valence-electron chi connectivity index (χ3n) is 2.80. The number of hydrogen-bond acceptors (Lipinski definition) is 6. The summed E-state index contributed by atoms with van der Waals surface area (Å²) in [5, 5.41) is 18.5. The van der Waals surface area contributed by atoms with Crippen LogP contribution >= 0.6 is 0 Å². The Balaban J connectivity index is 2.10. The van der Waals surface area contributed by atoms with Crippen molar-refractivity contribution >= 4 is 17.1 Å². The topological polar surface area (TPSA) is 98.4 Å². The lowest BCUT2D eigenvalue weighted by molar-refractivity contribution is -0.384. The Kier molecular flexibility index (Phi) is 4.86. The molecule has 0 aromatic heterocycles. The molecule has 0 aliphatic carbocycles. The van der Waals surface area contributed by atoms with E-state index in [2.05, 4.69) is 15.8 Å². The van der Waals surface area contributed by atoms with Gasteiger partial charge in [0.1, 0.15) is 11.4 Å². The molecule has 0 radical (unpaired) electrons. The lowest BCUT2D eigenvalue weighted by Gasteiger charge is -2.04. The van der Waals surface area contributed by atoms with Crippen LogP contribution in [0.4, 0.5) is 17.1 Å². The molecule has 2 rings (SSSR count). The highest BCUT2D eigenvalue weighted by Gasteiger charge is 2.10. The van der Waals surface area contributed by atoms with Crippen molar-refractivity contribution < 1.29 is 14.4 Å². The molecule has 8 heteroatoms. The highest BCUT2D eigenvalue weighted by atomic mass is 16.6. The van der Waals surface area contributed by atoms with Crippen LogP contribution < -0.4 is 14.9 Å². The largest absolute Gasteiger partial charge is 0.497 e. The van der Waals surface area contributed by atoms with Crippen LogP contribution in [0.5, 0.6) is 11.5 Å². The zero-order valence-corrected chi connectivity index (χ0v) is 12.0. The van der Waals surface area contributed by atoms with Gasteiger partial charge in [0.25, 0.3) is 5.69 Å². The van der Waals surface area contributed by atoms with Gasteiger partial charge in [0, 0.05) is 6.07 Å². The summed E-state index contributed by atoms with van der Waals surface area (Å²) in [5.41, 5.74) is 3.79. The van der Waals surface area contributed by atoms with E-state index in [1.807, 2.05) is 0 Å². The predicted octanol–water partition coefficient (Wildman–Crippen LogP) is 3.72. The minimum Gasteiger partial charge on any atom is -0.497 e. The van der Waals surface area contributed by atoms with Gasteiger partial charge in [0.15, 0.2) is 5.75 Å². The Hall–Kier alpha value is -3.16. The molecule has 0 amide bonds. The van der Waals surface area contributed by atoms with Crippen molar-refractivity contribution in [3.05, 3.63) is 52.6 Å². The maximum atomic E-state index is 10.7. The van der Waals surface area contributed by atoms with Gasteiger partial charge in [-0.05, 0) is 30.3 Å². The number of benzene rings is 2. The molecule has 2 aromatic carbocycles. The van der Waals surface area contributed by atoms with E-state index >= 15 is 0 Å². The normalized spacial score (nSPS) is 10.5. The van der Waals surface area contributed by atoms with Crippen LogP contribution in [-0.2, 0) is 0 Å². The van der Waals surface area contributed by atoms with Crippen LogP contribution in [0.3, 0.4) is 0 Å². The number of rotatable bonds is 6. The summed E-state index contributed by atoms with van der Waals surface area (Å²) < 4.78 is 10.1. The van der Waals surface area contributed by atoms with Gasteiger partial charge < -0.3 is 9.47 Å². The summed E-state index contributed by atoms with van der Waals surface area (Å²) >= 11 is 0. The number of non-ortho nitro benzene ring substituents is 1. The smallest absolute Gasteiger partial charge is 0.273 e. The fourth-order valence-electron chi connectivity index (χ4n) is 1.66. The molecule has 0 atom stereocenters. The third-order valence-corrected chi connectivity index (χ3v) is 2.80. The maximum Gasteiger partial charge on any atom is 0.273 e. The van der Waals surface area contributed by atoms with Gasteiger partial charge in [-0.15, -0.1) is 5.11 Å². The minimum absolute atomic E-state index is 0.0705. The Morgan fingerprint density at radius 1 is 1.09 bits per heavy atom. The molecule has 2 aromatic rings. The van der Waals surface area contributed by atoms with E-state index in [9.17, 15) is 10.1 Å². The molecule has 0 saturated carbocycles. The zero-order chi connectivity index (χ0) is 15.9. The van der Waals surface area contributed by atoms with E-state index in [0.29, 0.717) is 5.69 Å². The number of methoxy groups -OCH3 is 2. The van der Waals surface area contributed by atoms with Gasteiger partial charge in [-0.1, -0.05) is 5.22 Å². The van der Waals surface area contributed by atoms with Crippen LogP contribution in [-0.4, -0.2) is 19.1 Å². The van der Waals surface area contributed by atoms with Crippen molar-refractivity contribution in [3.63, 3.8) is 0 Å². The van der Waals surface area contributed by atoms with Gasteiger partial charge in [-0.2, -0.15) is 0 Å². The zero-order valence-electron chi connectivity index (χ0n) is 12.0. The van der Waals surface area contributed by atoms with Crippen LogP contribution in [0.2, 0.25) is 0 Å². The van der Waals surface area contributed by atoms with E-state index in [-0.39, 0.29) is 11.4 Å². The second kappa shape index (κ2) is 7.02. The number of hydrogen-bond donors (Lipinski definition) is 1. The van der Waals surface area contributed by atoms with E-state index in [0.717, 1.165) is 11.4 Å². The number of nitrogens with one attached hydrogen (secondary N) is 1. The van der Waals surface area contributed by atoms with Crippen LogP contribution in [0, 0.1) is 10.1 Å². The van der Waals surface area contributed by atoms with Crippen LogP contribution in [0.25, 0.3) is 0 Å². The fourth-order valence-corrected chi connectivity index (χ4v) is 1.66. The van der Waals surface area contributed by atoms with E-state index in [1.54, 1.807) is 31.4 Å².